The van der Waals surface area contributed by atoms with Gasteiger partial charge in [0, 0.05) is 13.1 Å². The number of nitrogens with zero attached hydrogens (tertiary/aromatic N) is 1. The molecule has 0 radical (unpaired) electrons. The van der Waals surface area contributed by atoms with E-state index in [-0.39, 0.29) is 16.3 Å². The minimum Gasteiger partial charge on any atom is -0.397 e. The maximum absolute atomic E-state index is 14.2. The van der Waals surface area contributed by atoms with Crippen LogP contribution in [0.3, 0.4) is 0 Å². The van der Waals surface area contributed by atoms with Crippen molar-refractivity contribution in [2.24, 2.45) is 0 Å². The van der Waals surface area contributed by atoms with Crippen LogP contribution in [0, 0.1) is 5.82 Å². The Bertz CT molecular complexity index is 479. The summed E-state index contributed by atoms with van der Waals surface area (Å²) in [6.07, 6.45) is 0. The zero-order chi connectivity index (χ0) is 13.5. The first-order valence-corrected chi connectivity index (χ1v) is 6.11. The zero-order valence-electron chi connectivity index (χ0n) is 10.5. The third-order valence-corrected chi connectivity index (χ3v) is 3.36. The lowest BCUT2D eigenvalue weighted by Crippen LogP contribution is -2.48. The molecule has 0 aliphatic carbocycles. The van der Waals surface area contributed by atoms with Crippen LogP contribution < -0.4 is 16.4 Å². The van der Waals surface area contributed by atoms with E-state index in [1.54, 1.807) is 0 Å². The van der Waals surface area contributed by atoms with E-state index < -0.39 is 5.82 Å². The third-order valence-electron chi connectivity index (χ3n) is 2.98. The number of nitrogen functional groups attached to an aromatic ring is 2. The van der Waals surface area contributed by atoms with Gasteiger partial charge in [-0.15, -0.1) is 0 Å². The van der Waals surface area contributed by atoms with E-state index in [2.05, 4.69) is 0 Å². The average Bonchev–Trinajstić information content (AvgIpc) is 2.25. The van der Waals surface area contributed by atoms with Crippen LogP contribution in [0.5, 0.6) is 0 Å². The Balaban J connectivity index is 2.42. The van der Waals surface area contributed by atoms with Crippen molar-refractivity contribution in [1.82, 2.24) is 0 Å². The maximum Gasteiger partial charge on any atom is 0.169 e. The molecule has 4 nitrogen and oxygen atoms in total. The molecule has 2 rings (SSSR count). The fourth-order valence-corrected chi connectivity index (χ4v) is 2.33. The van der Waals surface area contributed by atoms with Gasteiger partial charge in [-0.25, -0.2) is 4.39 Å². The first kappa shape index (κ1) is 13.2. The third kappa shape index (κ3) is 2.33. The molecular formula is C12H17ClFN3O. The van der Waals surface area contributed by atoms with Crippen LogP contribution in [0.15, 0.2) is 6.07 Å². The van der Waals surface area contributed by atoms with E-state index in [0.29, 0.717) is 31.1 Å². The number of benzene rings is 1. The number of nitrogens with two attached hydrogens (primary N) is 2. The summed E-state index contributed by atoms with van der Waals surface area (Å²) in [6, 6.07) is 1.49. The van der Waals surface area contributed by atoms with Gasteiger partial charge in [0.25, 0.3) is 0 Å². The van der Waals surface area contributed by atoms with Gasteiger partial charge >= 0.3 is 0 Å². The predicted molar refractivity (Wildman–Crippen MR) is 72.5 cm³/mol. The monoisotopic (exact) mass is 273 g/mol. The van der Waals surface area contributed by atoms with Crippen molar-refractivity contribution >= 4 is 28.7 Å². The number of morpholine rings is 1. The Morgan fingerprint density at radius 3 is 2.67 bits per heavy atom. The molecule has 100 valence electrons. The van der Waals surface area contributed by atoms with Gasteiger partial charge in [0.05, 0.1) is 29.3 Å². The highest BCUT2D eigenvalue weighted by molar-refractivity contribution is 6.33. The molecule has 0 amide bonds. The second kappa shape index (κ2) is 4.48. The lowest BCUT2D eigenvalue weighted by molar-refractivity contribution is -0.0278. The molecule has 1 saturated heterocycles. The molecule has 0 bridgehead atoms. The summed E-state index contributed by atoms with van der Waals surface area (Å²) >= 11 is 5.83. The average molecular weight is 274 g/mol. The van der Waals surface area contributed by atoms with Gasteiger partial charge in [-0.3, -0.25) is 0 Å². The second-order valence-electron chi connectivity index (χ2n) is 5.06. The van der Waals surface area contributed by atoms with E-state index >= 15 is 0 Å². The molecule has 18 heavy (non-hydrogen) atoms. The van der Waals surface area contributed by atoms with Crippen molar-refractivity contribution in [3.63, 3.8) is 0 Å². The van der Waals surface area contributed by atoms with E-state index in [0.717, 1.165) is 0 Å². The number of rotatable bonds is 1. The smallest absolute Gasteiger partial charge is 0.169 e. The maximum atomic E-state index is 14.2. The van der Waals surface area contributed by atoms with Crippen LogP contribution in [-0.4, -0.2) is 25.3 Å². The van der Waals surface area contributed by atoms with Crippen LogP contribution in [0.4, 0.5) is 21.5 Å². The highest BCUT2D eigenvalue weighted by Crippen LogP contribution is 2.37. The minimum atomic E-state index is -0.563. The summed E-state index contributed by atoms with van der Waals surface area (Å²) in [5.74, 6) is -0.563. The van der Waals surface area contributed by atoms with E-state index in [9.17, 15) is 4.39 Å². The largest absolute Gasteiger partial charge is 0.397 e. The van der Waals surface area contributed by atoms with Crippen LogP contribution in [-0.2, 0) is 4.74 Å². The second-order valence-corrected chi connectivity index (χ2v) is 5.44. The normalized spacial score (nSPS) is 19.0. The minimum absolute atomic E-state index is 0.0801. The molecule has 6 heteroatoms. The molecule has 1 aromatic rings. The van der Waals surface area contributed by atoms with Crippen LogP contribution in [0.25, 0.3) is 0 Å². The van der Waals surface area contributed by atoms with Gasteiger partial charge < -0.3 is 21.1 Å². The van der Waals surface area contributed by atoms with Crippen LogP contribution >= 0.6 is 11.6 Å². The van der Waals surface area contributed by atoms with E-state index in [1.807, 2.05) is 18.7 Å². The molecule has 1 aliphatic rings. The quantitative estimate of drug-likeness (QED) is 0.771. The van der Waals surface area contributed by atoms with Crippen LogP contribution in [0.2, 0.25) is 5.02 Å². The molecular weight excluding hydrogens is 257 g/mol. The highest BCUT2D eigenvalue weighted by atomic mass is 35.5. The zero-order valence-corrected chi connectivity index (χ0v) is 11.2. The molecule has 1 fully saturated rings. The van der Waals surface area contributed by atoms with Gasteiger partial charge in [-0.2, -0.15) is 0 Å². The Morgan fingerprint density at radius 2 is 2.06 bits per heavy atom. The number of anilines is 3. The summed E-state index contributed by atoms with van der Waals surface area (Å²) in [5.41, 5.74) is 11.8. The van der Waals surface area contributed by atoms with Crippen LogP contribution in [0.1, 0.15) is 13.8 Å². The first-order chi connectivity index (χ1) is 8.32. The van der Waals surface area contributed by atoms with Gasteiger partial charge in [0.2, 0.25) is 0 Å². The number of hydrogen-bond donors (Lipinski definition) is 2. The number of ether oxygens (including phenoxy) is 1. The summed E-state index contributed by atoms with van der Waals surface area (Å²) in [6.45, 7) is 5.55. The SMILES string of the molecule is CC1(C)CN(c2c(N)cc(N)c(Cl)c2F)CCO1. The van der Waals surface area contributed by atoms with Crippen molar-refractivity contribution in [2.45, 2.75) is 19.4 Å². The lowest BCUT2D eigenvalue weighted by atomic mass is 10.1. The molecule has 0 atom stereocenters. The summed E-state index contributed by atoms with van der Waals surface area (Å²) in [7, 11) is 0. The van der Waals surface area contributed by atoms with Crippen molar-refractivity contribution in [2.75, 3.05) is 36.1 Å². The number of halogens is 2. The highest BCUT2D eigenvalue weighted by Gasteiger charge is 2.30. The fraction of sp³-hybridized carbons (Fsp3) is 0.500. The molecule has 0 saturated carbocycles. The van der Waals surface area contributed by atoms with Gasteiger partial charge in [0.1, 0.15) is 5.02 Å². The molecule has 1 aromatic carbocycles. The molecule has 1 heterocycles. The van der Waals surface area contributed by atoms with E-state index in [1.165, 1.54) is 6.07 Å². The molecule has 4 N–H and O–H groups in total. The number of hydrogen-bond acceptors (Lipinski definition) is 4. The Hall–Kier alpha value is -1.20. The van der Waals surface area contributed by atoms with Gasteiger partial charge in [-0.1, -0.05) is 11.6 Å². The summed E-state index contributed by atoms with van der Waals surface area (Å²) in [5, 5.41) is -0.0801. The lowest BCUT2D eigenvalue weighted by Gasteiger charge is -2.40. The van der Waals surface area contributed by atoms with Crippen molar-refractivity contribution in [3.8, 4) is 0 Å². The molecule has 1 aliphatic heterocycles. The topological polar surface area (TPSA) is 64.5 Å². The van der Waals surface area contributed by atoms with Gasteiger partial charge in [-0.05, 0) is 19.9 Å². The van der Waals surface area contributed by atoms with Crippen molar-refractivity contribution < 1.29 is 9.13 Å². The van der Waals surface area contributed by atoms with Crippen molar-refractivity contribution in [3.05, 3.63) is 16.9 Å². The Kier molecular flexibility index (Phi) is 3.29. The summed E-state index contributed by atoms with van der Waals surface area (Å²) in [4.78, 5) is 1.85. The standard InChI is InChI=1S/C12H17ClFN3O/c1-12(2)6-17(3-4-18-12)11-8(16)5-7(15)9(13)10(11)14/h5H,3-4,6,15-16H2,1-2H3. The first-order valence-electron chi connectivity index (χ1n) is 5.74. The van der Waals surface area contributed by atoms with E-state index in [4.69, 9.17) is 27.8 Å². The van der Waals surface area contributed by atoms with Gasteiger partial charge in [0.15, 0.2) is 5.82 Å². The fourth-order valence-electron chi connectivity index (χ4n) is 2.19. The Morgan fingerprint density at radius 1 is 1.39 bits per heavy atom. The molecule has 0 aromatic heterocycles. The molecule has 0 unspecified atom stereocenters. The summed E-state index contributed by atoms with van der Waals surface area (Å²) < 4.78 is 19.8. The van der Waals surface area contributed by atoms with Crippen molar-refractivity contribution in [1.29, 1.82) is 0 Å². The predicted octanol–water partition coefficient (Wildman–Crippen LogP) is 2.26. The molecule has 0 spiro atoms. The Labute approximate surface area is 111 Å².